The molecule has 1 heterocycles. The van der Waals surface area contributed by atoms with Crippen LogP contribution in [0, 0.1) is 5.92 Å². The highest BCUT2D eigenvalue weighted by Crippen LogP contribution is 2.44. The van der Waals surface area contributed by atoms with E-state index in [2.05, 4.69) is 13.8 Å². The molecule has 1 aromatic rings. The van der Waals surface area contributed by atoms with Crippen LogP contribution >= 0.6 is 11.3 Å². The molecule has 0 aliphatic heterocycles. The van der Waals surface area contributed by atoms with Crippen molar-refractivity contribution in [1.29, 1.82) is 0 Å². The maximum Gasteiger partial charge on any atom is 0.341 e. The van der Waals surface area contributed by atoms with Crippen molar-refractivity contribution >= 4 is 22.3 Å². The predicted molar refractivity (Wildman–Crippen MR) is 66.0 cm³/mol. The lowest BCUT2D eigenvalue weighted by Gasteiger charge is -2.26. The molecule has 2 atom stereocenters. The quantitative estimate of drug-likeness (QED) is 0.767. The first-order valence-corrected chi connectivity index (χ1v) is 6.37. The third kappa shape index (κ3) is 1.61. The van der Waals surface area contributed by atoms with Crippen molar-refractivity contribution in [3.8, 4) is 0 Å². The lowest BCUT2D eigenvalue weighted by atomic mass is 9.79. The molecule has 4 heteroatoms. The normalized spacial score (nSPS) is 23.9. The summed E-state index contributed by atoms with van der Waals surface area (Å²) in [4.78, 5) is 13.0. The lowest BCUT2D eigenvalue weighted by Crippen LogP contribution is -2.17. The number of hydrogen-bond donors (Lipinski definition) is 1. The lowest BCUT2D eigenvalue weighted by molar-refractivity contribution is 0.0600. The molecule has 16 heavy (non-hydrogen) atoms. The number of methoxy groups -OCH3 is 1. The van der Waals surface area contributed by atoms with Crippen molar-refractivity contribution in [3.63, 3.8) is 0 Å². The van der Waals surface area contributed by atoms with E-state index in [0.29, 0.717) is 22.4 Å². The first kappa shape index (κ1) is 11.5. The SMILES string of the molecule is COC(=O)c1c(N)sc2c1[C@H](C)[C@H](C)CC2. The molecule has 88 valence electrons. The van der Waals surface area contributed by atoms with Gasteiger partial charge in [-0.3, -0.25) is 0 Å². The molecule has 1 aliphatic rings. The number of carbonyl (C=O) groups is 1. The number of aryl methyl sites for hydroxylation is 1. The van der Waals surface area contributed by atoms with Gasteiger partial charge in [0.15, 0.2) is 0 Å². The molecule has 2 rings (SSSR count). The van der Waals surface area contributed by atoms with Gasteiger partial charge in [0.05, 0.1) is 12.7 Å². The number of thiophene rings is 1. The van der Waals surface area contributed by atoms with Crippen molar-refractivity contribution in [1.82, 2.24) is 0 Å². The van der Waals surface area contributed by atoms with Crippen LogP contribution in [0.15, 0.2) is 0 Å². The van der Waals surface area contributed by atoms with Gasteiger partial charge in [-0.2, -0.15) is 0 Å². The number of hydrogen-bond acceptors (Lipinski definition) is 4. The third-order valence-electron chi connectivity index (χ3n) is 3.57. The second-order valence-corrected chi connectivity index (χ2v) is 5.61. The van der Waals surface area contributed by atoms with Crippen molar-refractivity contribution < 1.29 is 9.53 Å². The van der Waals surface area contributed by atoms with Crippen molar-refractivity contribution in [2.24, 2.45) is 5.92 Å². The average molecular weight is 239 g/mol. The molecule has 0 spiro atoms. The van der Waals surface area contributed by atoms with Crippen LogP contribution in [0.5, 0.6) is 0 Å². The minimum absolute atomic E-state index is 0.295. The number of fused-ring (bicyclic) bond motifs is 1. The van der Waals surface area contributed by atoms with Gasteiger partial charge in [0.2, 0.25) is 0 Å². The Morgan fingerprint density at radius 2 is 2.19 bits per heavy atom. The minimum atomic E-state index is -0.295. The summed E-state index contributed by atoms with van der Waals surface area (Å²) in [7, 11) is 1.41. The standard InChI is InChI=1S/C12H17NO2S/c1-6-4-5-8-9(7(6)2)10(11(13)16-8)12(14)15-3/h6-7H,4-5,13H2,1-3H3/t6-,7-/m1/s1. The number of rotatable bonds is 1. The summed E-state index contributed by atoms with van der Waals surface area (Å²) in [5, 5.41) is 0.609. The molecule has 1 aliphatic carbocycles. The highest BCUT2D eigenvalue weighted by Gasteiger charge is 2.32. The van der Waals surface area contributed by atoms with E-state index in [1.807, 2.05) is 0 Å². The summed E-state index contributed by atoms with van der Waals surface area (Å²) in [5.74, 6) is 0.701. The Morgan fingerprint density at radius 1 is 1.50 bits per heavy atom. The Hall–Kier alpha value is -1.03. The van der Waals surface area contributed by atoms with Gasteiger partial charge in [0, 0.05) is 4.88 Å². The number of carbonyl (C=O) groups excluding carboxylic acids is 1. The van der Waals surface area contributed by atoms with Gasteiger partial charge in [0.1, 0.15) is 5.00 Å². The molecule has 2 N–H and O–H groups in total. The number of anilines is 1. The van der Waals surface area contributed by atoms with Crippen LogP contribution < -0.4 is 5.73 Å². The van der Waals surface area contributed by atoms with Crippen LogP contribution in [-0.2, 0) is 11.2 Å². The van der Waals surface area contributed by atoms with E-state index in [0.717, 1.165) is 12.0 Å². The Balaban J connectivity index is 2.54. The maximum atomic E-state index is 11.7. The number of esters is 1. The number of nitrogen functional groups attached to an aromatic ring is 1. The van der Waals surface area contributed by atoms with Gasteiger partial charge < -0.3 is 10.5 Å². The van der Waals surface area contributed by atoms with Crippen LogP contribution in [0.3, 0.4) is 0 Å². The van der Waals surface area contributed by atoms with Gasteiger partial charge in [-0.25, -0.2) is 4.79 Å². The van der Waals surface area contributed by atoms with Crippen LogP contribution in [0.4, 0.5) is 5.00 Å². The van der Waals surface area contributed by atoms with Gasteiger partial charge >= 0.3 is 5.97 Å². The van der Waals surface area contributed by atoms with Gasteiger partial charge in [-0.05, 0) is 30.2 Å². The fraction of sp³-hybridized carbons (Fsp3) is 0.583. The number of nitrogens with two attached hydrogens (primary N) is 1. The summed E-state index contributed by atoms with van der Waals surface area (Å²) in [5.41, 5.74) is 7.67. The largest absolute Gasteiger partial charge is 0.465 e. The Morgan fingerprint density at radius 3 is 2.81 bits per heavy atom. The summed E-state index contributed by atoms with van der Waals surface area (Å²) in [6.45, 7) is 4.39. The summed E-state index contributed by atoms with van der Waals surface area (Å²) in [6, 6.07) is 0. The first-order valence-electron chi connectivity index (χ1n) is 5.55. The van der Waals surface area contributed by atoms with Crippen molar-refractivity contribution in [2.45, 2.75) is 32.6 Å². The van der Waals surface area contributed by atoms with E-state index >= 15 is 0 Å². The molecular formula is C12H17NO2S. The Kier molecular flexibility index (Phi) is 2.93. The zero-order valence-electron chi connectivity index (χ0n) is 9.87. The van der Waals surface area contributed by atoms with E-state index in [4.69, 9.17) is 10.5 Å². The van der Waals surface area contributed by atoms with Crippen molar-refractivity contribution in [2.75, 3.05) is 12.8 Å². The zero-order chi connectivity index (χ0) is 11.9. The van der Waals surface area contributed by atoms with E-state index in [-0.39, 0.29) is 5.97 Å². The summed E-state index contributed by atoms with van der Waals surface area (Å²) in [6.07, 6.45) is 2.21. The zero-order valence-corrected chi connectivity index (χ0v) is 10.7. The van der Waals surface area contributed by atoms with Crippen LogP contribution in [0.25, 0.3) is 0 Å². The second-order valence-electron chi connectivity index (χ2n) is 4.47. The highest BCUT2D eigenvalue weighted by molar-refractivity contribution is 7.16. The molecule has 0 bridgehead atoms. The maximum absolute atomic E-state index is 11.7. The molecule has 0 aromatic carbocycles. The average Bonchev–Trinajstić information content (AvgIpc) is 2.60. The van der Waals surface area contributed by atoms with E-state index in [1.165, 1.54) is 18.4 Å². The minimum Gasteiger partial charge on any atom is -0.465 e. The Bertz CT molecular complexity index is 425. The van der Waals surface area contributed by atoms with E-state index < -0.39 is 0 Å². The van der Waals surface area contributed by atoms with Crippen LogP contribution in [0.2, 0.25) is 0 Å². The summed E-state index contributed by atoms with van der Waals surface area (Å²) >= 11 is 1.54. The second kappa shape index (κ2) is 4.09. The van der Waals surface area contributed by atoms with Crippen LogP contribution in [-0.4, -0.2) is 13.1 Å². The fourth-order valence-electron chi connectivity index (χ4n) is 2.38. The molecule has 0 amide bonds. The predicted octanol–water partition coefficient (Wildman–Crippen LogP) is 2.80. The van der Waals surface area contributed by atoms with E-state index in [9.17, 15) is 4.79 Å². The monoisotopic (exact) mass is 239 g/mol. The molecule has 0 fully saturated rings. The first-order chi connectivity index (χ1) is 7.56. The van der Waals surface area contributed by atoms with Crippen LogP contribution in [0.1, 0.15) is 47.0 Å². The van der Waals surface area contributed by atoms with Gasteiger partial charge in [-0.15, -0.1) is 11.3 Å². The van der Waals surface area contributed by atoms with E-state index in [1.54, 1.807) is 11.3 Å². The fourth-order valence-corrected chi connectivity index (χ4v) is 3.56. The highest BCUT2D eigenvalue weighted by atomic mass is 32.1. The van der Waals surface area contributed by atoms with Gasteiger partial charge in [-0.1, -0.05) is 13.8 Å². The molecule has 0 saturated heterocycles. The molecule has 0 saturated carbocycles. The molecule has 0 unspecified atom stereocenters. The van der Waals surface area contributed by atoms with Crippen molar-refractivity contribution in [3.05, 3.63) is 16.0 Å². The topological polar surface area (TPSA) is 52.3 Å². The summed E-state index contributed by atoms with van der Waals surface area (Å²) < 4.78 is 4.81. The Labute approximate surface area is 99.6 Å². The molecule has 1 aromatic heterocycles. The smallest absolute Gasteiger partial charge is 0.341 e. The van der Waals surface area contributed by atoms with Gasteiger partial charge in [0.25, 0.3) is 0 Å². The molecule has 3 nitrogen and oxygen atoms in total. The molecule has 0 radical (unpaired) electrons. The molecular weight excluding hydrogens is 222 g/mol. The third-order valence-corrected chi connectivity index (χ3v) is 4.67. The number of ether oxygens (including phenoxy) is 1.